The molecule has 0 radical (unpaired) electrons. The average Bonchev–Trinajstić information content (AvgIpc) is 2.01. The van der Waals surface area contributed by atoms with Crippen molar-refractivity contribution in [1.29, 1.82) is 0 Å². The zero-order valence-electron chi connectivity index (χ0n) is 7.30. The van der Waals surface area contributed by atoms with Crippen molar-refractivity contribution in [3.05, 3.63) is 33.3 Å². The van der Waals surface area contributed by atoms with Gasteiger partial charge in [-0.2, -0.15) is 0 Å². The molecule has 1 rings (SSSR count). The number of hydrogen-bond donors (Lipinski definition) is 1. The van der Waals surface area contributed by atoms with E-state index in [1.807, 2.05) is 0 Å². The van der Waals surface area contributed by atoms with Crippen molar-refractivity contribution in [3.63, 3.8) is 0 Å². The van der Waals surface area contributed by atoms with E-state index in [2.05, 4.69) is 21.7 Å². The van der Waals surface area contributed by atoms with Gasteiger partial charge in [-0.05, 0) is 12.1 Å². The number of carbonyl (C=O) groups excluding carboxylic acids is 1. The average molecular weight is 279 g/mol. The molecule has 1 aromatic rings. The number of carboxylic acid groups (broad SMARTS) is 1. The maximum Gasteiger partial charge on any atom is 0.116 e. The summed E-state index contributed by atoms with van der Waals surface area (Å²) in [5.41, 5.74) is 4.56. The zero-order chi connectivity index (χ0) is 10.7. The van der Waals surface area contributed by atoms with Crippen molar-refractivity contribution in [2.75, 3.05) is 0 Å². The molecule has 0 bridgehead atoms. The third-order valence-corrected chi connectivity index (χ3v) is 2.74. The summed E-state index contributed by atoms with van der Waals surface area (Å²) in [6, 6.07) is 4.85. The molecule has 0 aliphatic carbocycles. The zero-order valence-corrected chi connectivity index (χ0v) is 9.64. The smallest absolute Gasteiger partial charge is 0.116 e. The molecule has 0 unspecified atom stereocenters. The van der Waals surface area contributed by atoms with Gasteiger partial charge < -0.3 is 15.6 Å². The monoisotopic (exact) mass is 277 g/mol. The first kappa shape index (κ1) is 11.5. The summed E-state index contributed by atoms with van der Waals surface area (Å²) in [7, 11) is 0. The first-order valence-electron chi connectivity index (χ1n) is 3.98. The second kappa shape index (κ2) is 4.77. The molecule has 3 nitrogen and oxygen atoms in total. The second-order valence-electron chi connectivity index (χ2n) is 2.94. The van der Waals surface area contributed by atoms with Crippen LogP contribution in [0.1, 0.15) is 18.0 Å². The highest BCUT2D eigenvalue weighted by Gasteiger charge is 2.13. The fourth-order valence-electron chi connectivity index (χ4n) is 1.14. The van der Waals surface area contributed by atoms with Gasteiger partial charge in [-0.3, -0.25) is 0 Å². The predicted molar refractivity (Wildman–Crippen MR) is 54.4 cm³/mol. The number of benzene rings is 1. The normalized spacial score (nSPS) is 12.5. The van der Waals surface area contributed by atoms with Crippen LogP contribution in [0.15, 0.2) is 22.7 Å². The first-order chi connectivity index (χ1) is 6.50. The van der Waals surface area contributed by atoms with Crippen molar-refractivity contribution < 1.29 is 15.6 Å². The molecule has 5 heteroatoms. The molecule has 76 valence electrons. The molecular formula is C9H9BrClNO2. The standard InChI is InChI=1S/C9H9BrClNO2/c10-7-3-5(11)1-2-6(7)8(12)4-9(13)14/h1-3,8H,4,12H2,(H,13,14)/t8-/m0/s1. The topological polar surface area (TPSA) is 67.8 Å². The van der Waals surface area contributed by atoms with Gasteiger partial charge in [0.15, 0.2) is 0 Å². The summed E-state index contributed by atoms with van der Waals surface area (Å²) >= 11 is 9.05. The van der Waals surface area contributed by atoms with Gasteiger partial charge >= 0.3 is 0 Å². The molecule has 0 aliphatic rings. The Bertz CT molecular complexity index is 357. The van der Waals surface area contributed by atoms with Gasteiger partial charge in [0.05, 0.1) is 0 Å². The molecule has 3 N–H and O–H groups in total. The number of carbonyl (C=O) groups is 1. The molecular weight excluding hydrogens is 269 g/mol. The number of rotatable bonds is 3. The van der Waals surface area contributed by atoms with Gasteiger partial charge in [0.2, 0.25) is 0 Å². The Morgan fingerprint density at radius 3 is 2.79 bits per heavy atom. The minimum atomic E-state index is -1.10. The van der Waals surface area contributed by atoms with Gasteiger partial charge in [-0.15, -0.1) is 0 Å². The van der Waals surface area contributed by atoms with Gasteiger partial charge in [-0.25, -0.2) is 0 Å². The lowest BCUT2D eigenvalue weighted by Gasteiger charge is -2.11. The molecule has 0 saturated carbocycles. The van der Waals surface area contributed by atoms with Crippen LogP contribution in [-0.4, -0.2) is 5.97 Å². The van der Waals surface area contributed by atoms with Crippen LogP contribution in [0.2, 0.25) is 5.02 Å². The SMILES string of the molecule is [NH3+][C@@H](CC(=O)[O-])c1ccc(Cl)cc1Br. The fourth-order valence-corrected chi connectivity index (χ4v) is 2.15. The van der Waals surface area contributed by atoms with Crippen LogP contribution < -0.4 is 10.8 Å². The van der Waals surface area contributed by atoms with E-state index < -0.39 is 5.97 Å². The number of hydrogen-bond acceptors (Lipinski definition) is 2. The van der Waals surface area contributed by atoms with Gasteiger partial charge in [-0.1, -0.05) is 33.6 Å². The molecule has 0 heterocycles. The Labute approximate surface area is 95.0 Å². The van der Waals surface area contributed by atoms with E-state index >= 15 is 0 Å². The summed E-state index contributed by atoms with van der Waals surface area (Å²) in [5.74, 6) is -1.10. The third kappa shape index (κ3) is 2.97. The van der Waals surface area contributed by atoms with Crippen molar-refractivity contribution >= 4 is 33.5 Å². The lowest BCUT2D eigenvalue weighted by Crippen LogP contribution is -2.55. The maximum atomic E-state index is 10.4. The predicted octanol–water partition coefficient (Wildman–Crippen LogP) is 0.526. The summed E-state index contributed by atoms with van der Waals surface area (Å²) in [5, 5.41) is 11.0. The maximum absolute atomic E-state index is 10.4. The molecule has 0 amide bonds. The summed E-state index contributed by atoms with van der Waals surface area (Å²) < 4.78 is 0.770. The minimum Gasteiger partial charge on any atom is -0.550 e. The van der Waals surface area contributed by atoms with Gasteiger partial charge in [0.25, 0.3) is 0 Å². The van der Waals surface area contributed by atoms with Crippen molar-refractivity contribution in [2.45, 2.75) is 12.5 Å². The second-order valence-corrected chi connectivity index (χ2v) is 4.23. The van der Waals surface area contributed by atoms with Crippen LogP contribution in [0.3, 0.4) is 0 Å². The quantitative estimate of drug-likeness (QED) is 0.876. The van der Waals surface area contributed by atoms with Crippen LogP contribution in [0.5, 0.6) is 0 Å². The van der Waals surface area contributed by atoms with Crippen molar-refractivity contribution in [1.82, 2.24) is 0 Å². The van der Waals surface area contributed by atoms with E-state index in [1.165, 1.54) is 0 Å². The number of aliphatic carboxylic acids is 1. The molecule has 14 heavy (non-hydrogen) atoms. The van der Waals surface area contributed by atoms with Crippen molar-refractivity contribution in [3.8, 4) is 0 Å². The van der Waals surface area contributed by atoms with Crippen LogP contribution in [0.4, 0.5) is 0 Å². The number of halogens is 2. The number of quaternary nitrogens is 1. The number of carboxylic acids is 1. The molecule has 1 atom stereocenters. The Morgan fingerprint density at radius 1 is 1.64 bits per heavy atom. The highest BCUT2D eigenvalue weighted by atomic mass is 79.9. The Morgan fingerprint density at radius 2 is 2.29 bits per heavy atom. The van der Waals surface area contributed by atoms with Gasteiger partial charge in [0.1, 0.15) is 6.04 Å². The molecule has 0 spiro atoms. The third-order valence-electron chi connectivity index (χ3n) is 1.82. The largest absolute Gasteiger partial charge is 0.550 e. The molecule has 0 aliphatic heterocycles. The Balaban J connectivity index is 2.90. The minimum absolute atomic E-state index is 0.0970. The van der Waals surface area contributed by atoms with E-state index in [1.54, 1.807) is 18.2 Å². The highest BCUT2D eigenvalue weighted by Crippen LogP contribution is 2.25. The highest BCUT2D eigenvalue weighted by molar-refractivity contribution is 9.10. The Hall–Kier alpha value is -0.580. The summed E-state index contributed by atoms with van der Waals surface area (Å²) in [6.45, 7) is 0. The van der Waals surface area contributed by atoms with E-state index in [4.69, 9.17) is 11.6 Å². The van der Waals surface area contributed by atoms with Crippen LogP contribution in [0.25, 0.3) is 0 Å². The van der Waals surface area contributed by atoms with E-state index in [9.17, 15) is 9.90 Å². The molecule has 1 aromatic carbocycles. The summed E-state index contributed by atoms with van der Waals surface area (Å²) in [4.78, 5) is 10.4. The lowest BCUT2D eigenvalue weighted by molar-refractivity contribution is -0.430. The molecule has 0 fully saturated rings. The van der Waals surface area contributed by atoms with Crippen LogP contribution >= 0.6 is 27.5 Å². The first-order valence-corrected chi connectivity index (χ1v) is 5.15. The molecule has 0 aromatic heterocycles. The van der Waals surface area contributed by atoms with E-state index in [-0.39, 0.29) is 12.5 Å². The van der Waals surface area contributed by atoms with Crippen LogP contribution in [0, 0.1) is 0 Å². The van der Waals surface area contributed by atoms with Crippen molar-refractivity contribution in [2.24, 2.45) is 0 Å². The lowest BCUT2D eigenvalue weighted by atomic mass is 10.1. The van der Waals surface area contributed by atoms with Crippen LogP contribution in [-0.2, 0) is 4.79 Å². The fraction of sp³-hybridized carbons (Fsp3) is 0.222. The Kier molecular flexibility index (Phi) is 3.92. The van der Waals surface area contributed by atoms with E-state index in [0.717, 1.165) is 10.0 Å². The van der Waals surface area contributed by atoms with E-state index in [0.29, 0.717) is 5.02 Å². The van der Waals surface area contributed by atoms with Gasteiger partial charge in [0, 0.05) is 27.4 Å². The summed E-state index contributed by atoms with van der Waals surface area (Å²) in [6.07, 6.45) is -0.0970. The molecule has 0 saturated heterocycles.